The van der Waals surface area contributed by atoms with Crippen molar-refractivity contribution in [2.75, 3.05) is 38.5 Å². The average Bonchev–Trinajstić information content (AvgIpc) is 1.62. The lowest BCUT2D eigenvalue weighted by Gasteiger charge is -2.38. The molecular formula is C65H85Cl4N13O12S2. The Bertz CT molecular complexity index is 3590. The van der Waals surface area contributed by atoms with Gasteiger partial charge in [-0.3, -0.25) is 28.8 Å². The number of nitrogens with two attached hydrogens (primary N) is 2. The summed E-state index contributed by atoms with van der Waals surface area (Å²) in [6, 6.07) is 20.3. The lowest BCUT2D eigenvalue weighted by atomic mass is 10.0. The predicted molar refractivity (Wildman–Crippen MR) is 362 cm³/mol. The van der Waals surface area contributed by atoms with Crippen LogP contribution in [0.2, 0.25) is 20.1 Å². The standard InChI is InChI=1S/C65H85Cl4N13O12S2/c66-40-28-52-50(54(68)30-40)32-56(79-23-10-12-42(70)36-79)62(52)93-46-14-18-48(19-15-46)95(89,90)27-9-5-1-3-7-25-81-38-44(75-77-81)34-72-64(87)60(85)58(83)59(84)61(86)65(88)73-35-45-39-82(78-76-45)26-8-4-2-6-22-74-96(91,92)49-20-16-47(17-21-49)94-63-53-29-41(67)31-55(69)51(53)33-57(63)80-24-11-13-43(71)37-80/h14-21,28-31,38-39,42-43,56-63,74,83-86H,1-13,22-27,32-37,70-71H2,(H,72,87)(H,73,88)/t42-,43-,56+,57+,58+,59-,60-,61+,62+,63+/m1/s1. The molecule has 0 spiro atoms. The topological polar surface area (TPSA) is 358 Å². The van der Waals surface area contributed by atoms with E-state index in [1.807, 2.05) is 12.1 Å². The van der Waals surface area contributed by atoms with Crippen LogP contribution in [0.1, 0.15) is 129 Å². The number of hydrogen-bond donors (Lipinski definition) is 9. The van der Waals surface area contributed by atoms with Gasteiger partial charge in [0.15, 0.2) is 22.0 Å². The van der Waals surface area contributed by atoms with E-state index in [0.717, 1.165) is 106 Å². The second-order valence-corrected chi connectivity index (χ2v) is 31.0. The Morgan fingerprint density at radius 3 is 1.47 bits per heavy atom. The number of nitrogens with zero attached hydrogens (tertiary/aromatic N) is 8. The highest BCUT2D eigenvalue weighted by atomic mass is 35.5. The van der Waals surface area contributed by atoms with Crippen LogP contribution in [0, 0.1) is 0 Å². The quantitative estimate of drug-likeness (QED) is 0.0221. The van der Waals surface area contributed by atoms with Crippen LogP contribution in [0.25, 0.3) is 0 Å². The van der Waals surface area contributed by atoms with Crippen LogP contribution in [0.4, 0.5) is 0 Å². The van der Waals surface area contributed by atoms with Crippen LogP contribution < -0.4 is 36.3 Å². The van der Waals surface area contributed by atoms with Gasteiger partial charge in [0, 0.05) is 76.0 Å². The molecule has 2 saturated heterocycles. The third-order valence-electron chi connectivity index (χ3n) is 18.3. The Kier molecular flexibility index (Phi) is 25.5. The molecule has 2 aliphatic carbocycles. The number of sulfonamides is 1. The van der Waals surface area contributed by atoms with E-state index in [-0.39, 0.29) is 71.6 Å². The number of aliphatic hydroxyl groups excluding tert-OH is 4. The maximum absolute atomic E-state index is 13.3. The fraction of sp³-hybridized carbons (Fsp3) is 0.538. The molecule has 4 aromatic carbocycles. The normalized spacial score (nSPS) is 21.3. The summed E-state index contributed by atoms with van der Waals surface area (Å²) in [5.74, 6) is -1.16. The molecule has 522 valence electrons. The van der Waals surface area contributed by atoms with Gasteiger partial charge in [0.2, 0.25) is 10.0 Å². The molecule has 11 N–H and O–H groups in total. The number of unbranched alkanes of at least 4 members (excludes halogenated alkanes) is 7. The van der Waals surface area contributed by atoms with Crippen molar-refractivity contribution in [3.8, 4) is 11.5 Å². The Hall–Kier alpha value is -5.60. The minimum Gasteiger partial charge on any atom is -0.484 e. The van der Waals surface area contributed by atoms with Crippen LogP contribution in [-0.2, 0) is 68.5 Å². The maximum atomic E-state index is 13.3. The second-order valence-electron chi connectivity index (χ2n) is 25.4. The number of rotatable bonds is 33. The Labute approximate surface area is 579 Å². The fourth-order valence-corrected chi connectivity index (χ4v) is 16.7. The van der Waals surface area contributed by atoms with Gasteiger partial charge in [-0.15, -0.1) is 10.2 Å². The molecule has 10 atom stereocenters. The van der Waals surface area contributed by atoms with Gasteiger partial charge in [-0.05, 0) is 161 Å². The summed E-state index contributed by atoms with van der Waals surface area (Å²) in [6.07, 6.45) is 5.01. The molecule has 96 heavy (non-hydrogen) atoms. The molecule has 25 nitrogen and oxygen atoms in total. The van der Waals surface area contributed by atoms with Gasteiger partial charge in [-0.1, -0.05) is 88.9 Å². The van der Waals surface area contributed by atoms with Gasteiger partial charge in [0.1, 0.15) is 47.3 Å². The van der Waals surface area contributed by atoms with E-state index in [1.165, 1.54) is 12.1 Å². The van der Waals surface area contributed by atoms with E-state index >= 15 is 0 Å². The molecule has 0 radical (unpaired) electrons. The number of carbonyl (C=O) groups excluding carboxylic acids is 2. The molecule has 10 rings (SSSR count). The van der Waals surface area contributed by atoms with Crippen molar-refractivity contribution in [3.63, 3.8) is 0 Å². The molecule has 0 bridgehead atoms. The molecule has 4 heterocycles. The number of piperidine rings is 2. The van der Waals surface area contributed by atoms with Crippen LogP contribution in [0.15, 0.2) is 95.0 Å². The van der Waals surface area contributed by atoms with Crippen molar-refractivity contribution in [1.82, 2.24) is 55.1 Å². The van der Waals surface area contributed by atoms with Crippen LogP contribution >= 0.6 is 46.4 Å². The Morgan fingerprint density at radius 1 is 0.583 bits per heavy atom. The average molecular weight is 1450 g/mol. The lowest BCUT2D eigenvalue weighted by molar-refractivity contribution is -0.155. The highest BCUT2D eigenvalue weighted by molar-refractivity contribution is 7.91. The van der Waals surface area contributed by atoms with E-state index in [0.29, 0.717) is 94.6 Å². The lowest BCUT2D eigenvalue weighted by Crippen LogP contribution is -2.54. The molecule has 4 aliphatic rings. The SMILES string of the molecule is N[C@@H]1CCCN([C@H]2Cc3c(Cl)cc(Cl)cc3[C@@H]2Oc2ccc(S(=O)(=O)CCCCCCCn3cc(CNC(=O)[C@H](O)[C@@H](O)[C@@H](O)[C@H](O)C(=O)NCc4cn(CCCCCCNS(=O)(=O)c5ccc(O[C@H]6c7cc(Cl)cc(Cl)c7C[C@@H]6N6CCC[C@@H](N)C6)cc5)nn4)nn3)cc2)C1. The number of likely N-dealkylation sites (tertiary alicyclic amines) is 2. The van der Waals surface area contributed by atoms with Crippen molar-refractivity contribution in [1.29, 1.82) is 0 Å². The van der Waals surface area contributed by atoms with Crippen molar-refractivity contribution < 1.29 is 56.3 Å². The van der Waals surface area contributed by atoms with E-state index in [9.17, 15) is 46.9 Å². The zero-order chi connectivity index (χ0) is 68.3. The van der Waals surface area contributed by atoms with Crippen molar-refractivity contribution in [3.05, 3.63) is 139 Å². The first-order valence-electron chi connectivity index (χ1n) is 32.8. The smallest absolute Gasteiger partial charge is 0.251 e. The second kappa shape index (κ2) is 33.5. The summed E-state index contributed by atoms with van der Waals surface area (Å²) >= 11 is 26.2. The number of ether oxygens (including phenoxy) is 2. The number of benzene rings is 4. The van der Waals surface area contributed by atoms with Gasteiger partial charge in [-0.2, -0.15) is 0 Å². The molecule has 2 aromatic heterocycles. The first kappa shape index (κ1) is 73.1. The first-order chi connectivity index (χ1) is 46.0. The monoisotopic (exact) mass is 1440 g/mol. The number of fused-ring (bicyclic) bond motifs is 2. The summed E-state index contributed by atoms with van der Waals surface area (Å²) in [5, 5.41) is 65.4. The van der Waals surface area contributed by atoms with Gasteiger partial charge in [-0.25, -0.2) is 21.6 Å². The zero-order valence-corrected chi connectivity index (χ0v) is 57.8. The van der Waals surface area contributed by atoms with Crippen molar-refractivity contribution >= 4 is 78.1 Å². The molecule has 0 unspecified atom stereocenters. The molecule has 0 saturated carbocycles. The maximum Gasteiger partial charge on any atom is 0.251 e. The highest BCUT2D eigenvalue weighted by Crippen LogP contribution is 2.45. The van der Waals surface area contributed by atoms with Gasteiger partial charge in [0.25, 0.3) is 11.8 Å². The van der Waals surface area contributed by atoms with Crippen LogP contribution in [-0.4, -0.2) is 176 Å². The number of sulfone groups is 1. The number of amides is 2. The van der Waals surface area contributed by atoms with Crippen LogP contribution in [0.5, 0.6) is 11.5 Å². The van der Waals surface area contributed by atoms with E-state index < -0.39 is 56.1 Å². The minimum atomic E-state index is -3.80. The van der Waals surface area contributed by atoms with E-state index in [1.54, 1.807) is 70.3 Å². The van der Waals surface area contributed by atoms with E-state index in [4.69, 9.17) is 67.3 Å². The largest absolute Gasteiger partial charge is 0.484 e. The predicted octanol–water partition coefficient (Wildman–Crippen LogP) is 5.76. The number of aryl methyl sites for hydroxylation is 2. The molecular weight excluding hydrogens is 1360 g/mol. The number of aliphatic hydroxyl groups is 4. The summed E-state index contributed by atoms with van der Waals surface area (Å²) in [6.45, 7) is 4.09. The summed E-state index contributed by atoms with van der Waals surface area (Å²) < 4.78 is 72.0. The first-order valence-corrected chi connectivity index (χ1v) is 37.4. The molecule has 31 heteroatoms. The summed E-state index contributed by atoms with van der Waals surface area (Å²) in [4.78, 5) is 30.6. The van der Waals surface area contributed by atoms with Gasteiger partial charge >= 0.3 is 0 Å². The molecule has 2 amide bonds. The van der Waals surface area contributed by atoms with Gasteiger partial charge < -0.3 is 52.0 Å². The Balaban J connectivity index is 0.562. The van der Waals surface area contributed by atoms with Crippen molar-refractivity contribution in [2.45, 2.75) is 193 Å². The fourth-order valence-electron chi connectivity index (χ4n) is 13.1. The third-order valence-corrected chi connectivity index (χ3v) is 22.7. The third kappa shape index (κ3) is 19.0. The number of aromatic nitrogens is 6. The van der Waals surface area contributed by atoms with Gasteiger partial charge in [0.05, 0.1) is 53.1 Å². The van der Waals surface area contributed by atoms with Crippen LogP contribution in [0.3, 0.4) is 0 Å². The highest BCUT2D eigenvalue weighted by Gasteiger charge is 2.43. The van der Waals surface area contributed by atoms with Crippen molar-refractivity contribution in [2.24, 2.45) is 11.5 Å². The number of carbonyl (C=O) groups is 2. The van der Waals surface area contributed by atoms with E-state index in [2.05, 4.69) is 45.8 Å². The molecule has 6 aromatic rings. The number of halogens is 4. The Morgan fingerprint density at radius 2 is 1.01 bits per heavy atom. The molecule has 2 fully saturated rings. The molecule has 2 aliphatic heterocycles. The summed E-state index contributed by atoms with van der Waals surface area (Å²) in [7, 11) is -7.34. The zero-order valence-electron chi connectivity index (χ0n) is 53.1. The summed E-state index contributed by atoms with van der Waals surface area (Å²) in [5.41, 5.74) is 17.2. The number of nitrogens with one attached hydrogen (secondary N) is 3. The minimum absolute atomic E-state index is 0.00216. The number of hydrogen-bond acceptors (Lipinski definition) is 20.